The molecule has 3 amide bonds. The lowest BCUT2D eigenvalue weighted by Gasteiger charge is -2.34. The molecule has 2 aliphatic heterocycles. The van der Waals surface area contributed by atoms with Crippen LogP contribution in [0, 0.1) is 0 Å². The van der Waals surface area contributed by atoms with Gasteiger partial charge in [0, 0.05) is 49.2 Å². The van der Waals surface area contributed by atoms with Gasteiger partial charge in [0.15, 0.2) is 16.6 Å². The van der Waals surface area contributed by atoms with Gasteiger partial charge in [0.2, 0.25) is 18.6 Å². The first-order valence-electron chi connectivity index (χ1n) is 13.5. The average Bonchev–Trinajstić information content (AvgIpc) is 3.60. The van der Waals surface area contributed by atoms with Crippen molar-refractivity contribution >= 4 is 57.4 Å². The maximum atomic E-state index is 13.1. The van der Waals surface area contributed by atoms with E-state index in [-0.39, 0.29) is 48.2 Å². The predicted molar refractivity (Wildman–Crippen MR) is 162 cm³/mol. The number of amides is 3. The van der Waals surface area contributed by atoms with Crippen molar-refractivity contribution < 1.29 is 23.9 Å². The summed E-state index contributed by atoms with van der Waals surface area (Å²) in [7, 11) is 0. The second kappa shape index (κ2) is 13.3. The fourth-order valence-electron chi connectivity index (χ4n) is 4.79. The molecule has 0 atom stereocenters. The van der Waals surface area contributed by atoms with Gasteiger partial charge in [-0.15, -0.1) is 11.3 Å². The Morgan fingerprint density at radius 2 is 1.81 bits per heavy atom. The first kappa shape index (κ1) is 30.1. The quantitative estimate of drug-likeness (QED) is 0.369. The number of thiazole rings is 1. The second-order valence-electron chi connectivity index (χ2n) is 10.4. The Labute approximate surface area is 258 Å². The monoisotopic (exact) mass is 631 g/mol. The molecule has 3 aromatic rings. The average molecular weight is 633 g/mol. The van der Waals surface area contributed by atoms with Crippen LogP contribution in [0.1, 0.15) is 35.5 Å². The Morgan fingerprint density at radius 1 is 1.05 bits per heavy atom. The van der Waals surface area contributed by atoms with E-state index in [1.54, 1.807) is 17.5 Å². The largest absolute Gasteiger partial charge is 0.454 e. The summed E-state index contributed by atoms with van der Waals surface area (Å²) >= 11 is 13.4. The molecule has 13 heteroatoms. The third-order valence-electron chi connectivity index (χ3n) is 7.06. The number of carbonyl (C=O) groups excluding carboxylic acids is 3. The maximum Gasteiger partial charge on any atom is 0.256 e. The smallest absolute Gasteiger partial charge is 0.256 e. The van der Waals surface area contributed by atoms with Crippen LogP contribution >= 0.6 is 34.5 Å². The van der Waals surface area contributed by atoms with Crippen LogP contribution in [0.25, 0.3) is 0 Å². The normalized spacial score (nSPS) is 14.7. The molecular weight excluding hydrogens is 601 g/mol. The number of piperazine rings is 1. The number of fused-ring (bicyclic) bond motifs is 1. The van der Waals surface area contributed by atoms with Gasteiger partial charge in [0.05, 0.1) is 22.7 Å². The van der Waals surface area contributed by atoms with Gasteiger partial charge in [0.25, 0.3) is 5.91 Å². The van der Waals surface area contributed by atoms with E-state index in [1.165, 1.54) is 22.3 Å². The zero-order valence-corrected chi connectivity index (χ0v) is 25.6. The summed E-state index contributed by atoms with van der Waals surface area (Å²) in [5.74, 6) is 0.772. The number of ether oxygens (including phenoxy) is 2. The number of hydrogen-bond donors (Lipinski definition) is 1. The van der Waals surface area contributed by atoms with E-state index in [1.807, 2.05) is 36.9 Å². The van der Waals surface area contributed by atoms with Crippen LogP contribution in [-0.2, 0) is 22.6 Å². The van der Waals surface area contributed by atoms with Gasteiger partial charge in [0.1, 0.15) is 6.54 Å². The Balaban J connectivity index is 1.09. The summed E-state index contributed by atoms with van der Waals surface area (Å²) in [6.45, 7) is 7.29. The van der Waals surface area contributed by atoms with Crippen LogP contribution in [0.5, 0.6) is 11.5 Å². The molecule has 2 aromatic carbocycles. The molecule has 0 unspecified atom stereocenters. The molecule has 1 N–H and O–H groups in total. The van der Waals surface area contributed by atoms with Gasteiger partial charge in [-0.2, -0.15) is 0 Å². The lowest BCUT2D eigenvalue weighted by atomic mass is 10.1. The number of carbonyl (C=O) groups is 3. The fourth-order valence-corrected chi connectivity index (χ4v) is 6.00. The summed E-state index contributed by atoms with van der Waals surface area (Å²) in [5, 5.41) is 5.53. The van der Waals surface area contributed by atoms with Gasteiger partial charge in [-0.3, -0.25) is 19.3 Å². The minimum Gasteiger partial charge on any atom is -0.454 e. The first-order valence-corrected chi connectivity index (χ1v) is 15.2. The zero-order chi connectivity index (χ0) is 29.8. The number of hydrogen-bond acceptors (Lipinski definition) is 8. The molecule has 3 heterocycles. The summed E-state index contributed by atoms with van der Waals surface area (Å²) in [6.07, 6.45) is 0.153. The van der Waals surface area contributed by atoms with Crippen molar-refractivity contribution in [3.05, 3.63) is 68.6 Å². The third-order valence-corrected chi connectivity index (χ3v) is 8.41. The molecule has 2 aliphatic rings. The minimum absolute atomic E-state index is 0.00247. The first-order chi connectivity index (χ1) is 20.2. The van der Waals surface area contributed by atoms with Crippen LogP contribution in [-0.4, -0.2) is 83.0 Å². The van der Waals surface area contributed by atoms with Crippen LogP contribution in [0.15, 0.2) is 41.8 Å². The van der Waals surface area contributed by atoms with Crippen LogP contribution < -0.4 is 14.8 Å². The molecule has 222 valence electrons. The SMILES string of the molecule is CC(C)N(CC(=O)Nc1nc(CC(=O)N2CCN(Cc3ccc4c(c3)OCO4)CC2)cs1)C(=O)c1ccc(Cl)cc1Cl. The highest BCUT2D eigenvalue weighted by Gasteiger charge is 2.25. The fraction of sp³-hybridized carbons (Fsp3) is 0.379. The van der Waals surface area contributed by atoms with E-state index in [4.69, 9.17) is 32.7 Å². The van der Waals surface area contributed by atoms with Crippen LogP contribution in [0.3, 0.4) is 0 Å². The molecule has 0 saturated carbocycles. The highest BCUT2D eigenvalue weighted by molar-refractivity contribution is 7.13. The van der Waals surface area contributed by atoms with E-state index in [0.717, 1.165) is 36.7 Å². The molecule has 1 aromatic heterocycles. The lowest BCUT2D eigenvalue weighted by Crippen LogP contribution is -2.48. The molecule has 10 nitrogen and oxygen atoms in total. The van der Waals surface area contributed by atoms with Crippen molar-refractivity contribution in [3.63, 3.8) is 0 Å². The number of benzene rings is 2. The minimum atomic E-state index is -0.395. The van der Waals surface area contributed by atoms with Crippen molar-refractivity contribution in [1.82, 2.24) is 19.7 Å². The van der Waals surface area contributed by atoms with E-state index in [2.05, 4.69) is 15.2 Å². The predicted octanol–water partition coefficient (Wildman–Crippen LogP) is 4.55. The molecule has 0 spiro atoms. The molecule has 42 heavy (non-hydrogen) atoms. The molecular formula is C29H31Cl2N5O5S. The van der Waals surface area contributed by atoms with Crippen molar-refractivity contribution in [2.75, 3.05) is 44.8 Å². The van der Waals surface area contributed by atoms with E-state index < -0.39 is 5.91 Å². The van der Waals surface area contributed by atoms with E-state index in [9.17, 15) is 14.4 Å². The highest BCUT2D eigenvalue weighted by atomic mass is 35.5. The number of rotatable bonds is 9. The number of halogens is 2. The van der Waals surface area contributed by atoms with Crippen molar-refractivity contribution in [3.8, 4) is 11.5 Å². The molecule has 1 fully saturated rings. The number of nitrogens with one attached hydrogen (secondary N) is 1. The standard InChI is InChI=1S/C29H31Cl2N5O5S/c1-18(2)36(28(39)22-5-4-20(30)12-23(22)31)15-26(37)33-29-32-21(16-42-29)13-27(38)35-9-7-34(8-10-35)14-19-3-6-24-25(11-19)41-17-40-24/h3-6,11-12,16,18H,7-10,13-15,17H2,1-2H3,(H,32,33,37). The van der Waals surface area contributed by atoms with Gasteiger partial charge < -0.3 is 24.6 Å². The summed E-state index contributed by atoms with van der Waals surface area (Å²) in [5.41, 5.74) is 2.00. The van der Waals surface area contributed by atoms with Crippen molar-refractivity contribution in [1.29, 1.82) is 0 Å². The molecule has 0 radical (unpaired) electrons. The number of anilines is 1. The lowest BCUT2D eigenvalue weighted by molar-refractivity contribution is -0.132. The Morgan fingerprint density at radius 3 is 2.55 bits per heavy atom. The van der Waals surface area contributed by atoms with Gasteiger partial charge in [-0.1, -0.05) is 29.3 Å². The van der Waals surface area contributed by atoms with Gasteiger partial charge >= 0.3 is 0 Å². The number of nitrogens with zero attached hydrogens (tertiary/aromatic N) is 4. The Bertz CT molecular complexity index is 1470. The van der Waals surface area contributed by atoms with Gasteiger partial charge in [-0.05, 0) is 49.7 Å². The molecule has 0 bridgehead atoms. The highest BCUT2D eigenvalue weighted by Crippen LogP contribution is 2.33. The molecule has 0 aliphatic carbocycles. The van der Waals surface area contributed by atoms with Crippen LogP contribution in [0.2, 0.25) is 10.0 Å². The topological polar surface area (TPSA) is 104 Å². The summed E-state index contributed by atoms with van der Waals surface area (Å²) in [6, 6.07) is 10.3. The Kier molecular flexibility index (Phi) is 9.52. The molecule has 1 saturated heterocycles. The summed E-state index contributed by atoms with van der Waals surface area (Å²) in [4.78, 5) is 48.9. The zero-order valence-electron chi connectivity index (χ0n) is 23.3. The molecule has 5 rings (SSSR count). The van der Waals surface area contributed by atoms with E-state index >= 15 is 0 Å². The summed E-state index contributed by atoms with van der Waals surface area (Å²) < 4.78 is 10.9. The third kappa shape index (κ3) is 7.33. The van der Waals surface area contributed by atoms with E-state index in [0.29, 0.717) is 28.9 Å². The second-order valence-corrected chi connectivity index (χ2v) is 12.1. The van der Waals surface area contributed by atoms with Crippen molar-refractivity contribution in [2.45, 2.75) is 32.9 Å². The van der Waals surface area contributed by atoms with Crippen LogP contribution in [0.4, 0.5) is 5.13 Å². The number of aromatic nitrogens is 1. The Hall–Kier alpha value is -3.38. The maximum absolute atomic E-state index is 13.1. The van der Waals surface area contributed by atoms with Crippen molar-refractivity contribution in [2.24, 2.45) is 0 Å². The van der Waals surface area contributed by atoms with Gasteiger partial charge in [-0.25, -0.2) is 4.98 Å².